The molecule has 0 saturated carbocycles. The Morgan fingerprint density at radius 2 is 1.93 bits per heavy atom. The second-order valence-electron chi connectivity index (χ2n) is 6.20. The summed E-state index contributed by atoms with van der Waals surface area (Å²) in [5.74, 6) is -0.0109. The Bertz CT molecular complexity index is 764. The van der Waals surface area contributed by atoms with Crippen LogP contribution >= 0.6 is 22.9 Å². The topological polar surface area (TPSA) is 74.8 Å². The van der Waals surface area contributed by atoms with Gasteiger partial charge in [0.2, 0.25) is 5.91 Å². The van der Waals surface area contributed by atoms with E-state index in [1.165, 1.54) is 16.2 Å². The number of likely N-dealkylation sites (N-methyl/N-ethyl adjacent to an activating group) is 1. The summed E-state index contributed by atoms with van der Waals surface area (Å²) in [6, 6.07) is 6.76. The van der Waals surface area contributed by atoms with Gasteiger partial charge in [-0.1, -0.05) is 11.6 Å². The maximum Gasteiger partial charge on any atom is 0.261 e. The molecule has 2 rings (SSSR count). The number of aryl methyl sites for hydroxylation is 1. The Hall–Kier alpha value is -2.16. The molecule has 7 nitrogen and oxygen atoms in total. The van der Waals surface area contributed by atoms with Crippen molar-refractivity contribution >= 4 is 39.9 Å². The average molecular weight is 411 g/mol. The maximum atomic E-state index is 12.6. The molecule has 0 radical (unpaired) electrons. The molecule has 0 bridgehead atoms. The number of hydrogen-bond donors (Lipinski definition) is 1. The normalized spacial score (nSPS) is 10.7. The summed E-state index contributed by atoms with van der Waals surface area (Å²) in [6.45, 7) is 2.69. The summed E-state index contributed by atoms with van der Waals surface area (Å²) >= 11 is 7.19. The van der Waals surface area contributed by atoms with Gasteiger partial charge >= 0.3 is 0 Å². The van der Waals surface area contributed by atoms with Crippen LogP contribution < -0.4 is 10.1 Å². The van der Waals surface area contributed by atoms with Gasteiger partial charge in [0, 0.05) is 23.5 Å². The van der Waals surface area contributed by atoms with E-state index in [9.17, 15) is 9.59 Å². The van der Waals surface area contributed by atoms with Gasteiger partial charge in [0.05, 0.1) is 5.69 Å². The number of nitrogens with zero attached hydrogens (tertiary/aromatic N) is 3. The third-order valence-corrected chi connectivity index (χ3v) is 4.67. The van der Waals surface area contributed by atoms with Crippen molar-refractivity contribution in [2.24, 2.45) is 0 Å². The largest absolute Gasteiger partial charge is 0.484 e. The molecule has 0 aliphatic rings. The Morgan fingerprint density at radius 3 is 2.52 bits per heavy atom. The van der Waals surface area contributed by atoms with Crippen LogP contribution in [0, 0.1) is 6.92 Å². The molecule has 2 aromatic rings. The number of hydrogen-bond acceptors (Lipinski definition) is 6. The van der Waals surface area contributed by atoms with Gasteiger partial charge in [-0.25, -0.2) is 4.98 Å². The average Bonchev–Trinajstić information content (AvgIpc) is 3.02. The lowest BCUT2D eigenvalue weighted by molar-refractivity contribution is -0.136. The first-order chi connectivity index (χ1) is 12.8. The summed E-state index contributed by atoms with van der Waals surface area (Å²) < 4.78 is 5.51. The van der Waals surface area contributed by atoms with E-state index in [-0.39, 0.29) is 25.0 Å². The van der Waals surface area contributed by atoms with Crippen LogP contribution in [0.4, 0.5) is 5.13 Å². The van der Waals surface area contributed by atoms with Gasteiger partial charge in [-0.05, 0) is 45.3 Å². The van der Waals surface area contributed by atoms with Gasteiger partial charge in [-0.2, -0.15) is 0 Å². The minimum atomic E-state index is -0.289. The molecule has 0 fully saturated rings. The third kappa shape index (κ3) is 7.54. The highest BCUT2D eigenvalue weighted by molar-refractivity contribution is 7.13. The number of anilines is 1. The molecule has 1 aromatic carbocycles. The number of carbonyl (C=O) groups is 2. The summed E-state index contributed by atoms with van der Waals surface area (Å²) in [5, 5.41) is 5.69. The molecule has 0 atom stereocenters. The minimum Gasteiger partial charge on any atom is -0.484 e. The van der Waals surface area contributed by atoms with Crippen molar-refractivity contribution in [2.45, 2.75) is 6.92 Å². The maximum absolute atomic E-state index is 12.6. The molecular formula is C18H23ClN4O3S. The van der Waals surface area contributed by atoms with Crippen molar-refractivity contribution in [3.05, 3.63) is 40.4 Å². The molecule has 9 heteroatoms. The van der Waals surface area contributed by atoms with E-state index in [0.717, 1.165) is 5.69 Å². The highest BCUT2D eigenvalue weighted by atomic mass is 35.5. The minimum absolute atomic E-state index is 0.0602. The smallest absolute Gasteiger partial charge is 0.261 e. The quantitative estimate of drug-likeness (QED) is 0.687. The predicted molar refractivity (Wildman–Crippen MR) is 108 cm³/mol. The van der Waals surface area contributed by atoms with E-state index in [0.29, 0.717) is 29.0 Å². The summed E-state index contributed by atoms with van der Waals surface area (Å²) in [4.78, 5) is 32.5. The van der Waals surface area contributed by atoms with E-state index in [2.05, 4.69) is 10.3 Å². The van der Waals surface area contributed by atoms with E-state index in [1.54, 1.807) is 24.3 Å². The SMILES string of the molecule is Cc1csc(NC(=O)CN(CCN(C)C)C(=O)COc2ccc(Cl)cc2)n1. The van der Waals surface area contributed by atoms with Gasteiger partial charge in [-0.15, -0.1) is 11.3 Å². The fourth-order valence-corrected chi connectivity index (χ4v) is 2.95. The van der Waals surface area contributed by atoms with E-state index in [1.807, 2.05) is 31.3 Å². The van der Waals surface area contributed by atoms with Gasteiger partial charge in [-0.3, -0.25) is 9.59 Å². The van der Waals surface area contributed by atoms with Crippen molar-refractivity contribution < 1.29 is 14.3 Å². The van der Waals surface area contributed by atoms with Crippen LogP contribution in [0.15, 0.2) is 29.6 Å². The van der Waals surface area contributed by atoms with Crippen molar-refractivity contribution in [3.63, 3.8) is 0 Å². The molecule has 1 heterocycles. The Kier molecular flexibility index (Phi) is 8.02. The summed E-state index contributed by atoms with van der Waals surface area (Å²) in [6.07, 6.45) is 0. The number of carbonyl (C=O) groups excluding carboxylic acids is 2. The van der Waals surface area contributed by atoms with Gasteiger partial charge in [0.25, 0.3) is 5.91 Å². The van der Waals surface area contributed by atoms with E-state index in [4.69, 9.17) is 16.3 Å². The van der Waals surface area contributed by atoms with Crippen LogP contribution in [-0.4, -0.2) is 66.9 Å². The molecule has 1 N–H and O–H groups in total. The zero-order valence-corrected chi connectivity index (χ0v) is 17.1. The molecule has 0 unspecified atom stereocenters. The lowest BCUT2D eigenvalue weighted by Crippen LogP contribution is -2.43. The number of benzene rings is 1. The molecule has 2 amide bonds. The third-order valence-electron chi connectivity index (χ3n) is 3.55. The zero-order chi connectivity index (χ0) is 19.8. The molecule has 27 heavy (non-hydrogen) atoms. The lowest BCUT2D eigenvalue weighted by atomic mass is 10.3. The van der Waals surface area contributed by atoms with Crippen molar-refractivity contribution in [1.29, 1.82) is 0 Å². The Morgan fingerprint density at radius 1 is 1.22 bits per heavy atom. The van der Waals surface area contributed by atoms with Crippen LogP contribution in [0.1, 0.15) is 5.69 Å². The molecule has 0 saturated heterocycles. The standard InChI is InChI=1S/C18H23ClN4O3S/c1-13-12-27-18(20-13)21-16(24)10-23(9-8-22(2)3)17(25)11-26-15-6-4-14(19)5-7-15/h4-7,12H,8-11H2,1-3H3,(H,20,21,24). The van der Waals surface area contributed by atoms with Gasteiger partial charge in [0.15, 0.2) is 11.7 Å². The molecule has 0 aliphatic heterocycles. The van der Waals surface area contributed by atoms with Crippen LogP contribution in [0.2, 0.25) is 5.02 Å². The van der Waals surface area contributed by atoms with E-state index < -0.39 is 0 Å². The molecule has 0 aliphatic carbocycles. The number of halogens is 1. The van der Waals surface area contributed by atoms with Gasteiger partial charge < -0.3 is 19.9 Å². The second-order valence-corrected chi connectivity index (χ2v) is 7.50. The summed E-state index contributed by atoms with van der Waals surface area (Å²) in [7, 11) is 3.82. The number of aromatic nitrogens is 1. The predicted octanol–water partition coefficient (Wildman–Crippen LogP) is 2.51. The first-order valence-electron chi connectivity index (χ1n) is 8.36. The molecule has 146 valence electrons. The molecule has 0 spiro atoms. The molecule has 1 aromatic heterocycles. The lowest BCUT2D eigenvalue weighted by Gasteiger charge is -2.23. The van der Waals surface area contributed by atoms with Crippen molar-refractivity contribution in [3.8, 4) is 5.75 Å². The van der Waals surface area contributed by atoms with Crippen molar-refractivity contribution in [1.82, 2.24) is 14.8 Å². The number of nitrogens with one attached hydrogen (secondary N) is 1. The first-order valence-corrected chi connectivity index (χ1v) is 9.62. The number of amides is 2. The van der Waals surface area contributed by atoms with Crippen LogP contribution in [0.3, 0.4) is 0 Å². The first kappa shape index (κ1) is 21.1. The van der Waals surface area contributed by atoms with Crippen LogP contribution in [0.5, 0.6) is 5.75 Å². The Labute approximate surface area is 167 Å². The fourth-order valence-electron chi connectivity index (χ4n) is 2.12. The van der Waals surface area contributed by atoms with Crippen molar-refractivity contribution in [2.75, 3.05) is 45.7 Å². The molecular weight excluding hydrogens is 388 g/mol. The van der Waals surface area contributed by atoms with Crippen LogP contribution in [-0.2, 0) is 9.59 Å². The number of rotatable bonds is 9. The fraction of sp³-hybridized carbons (Fsp3) is 0.389. The number of thiazole rings is 1. The van der Waals surface area contributed by atoms with Gasteiger partial charge in [0.1, 0.15) is 12.3 Å². The highest BCUT2D eigenvalue weighted by Gasteiger charge is 2.18. The second kappa shape index (κ2) is 10.2. The number of ether oxygens (including phenoxy) is 1. The van der Waals surface area contributed by atoms with E-state index >= 15 is 0 Å². The zero-order valence-electron chi connectivity index (χ0n) is 15.6. The summed E-state index contributed by atoms with van der Waals surface area (Å²) in [5.41, 5.74) is 0.840. The highest BCUT2D eigenvalue weighted by Crippen LogP contribution is 2.16. The monoisotopic (exact) mass is 410 g/mol. The van der Waals surface area contributed by atoms with Crippen LogP contribution in [0.25, 0.3) is 0 Å². The Balaban J connectivity index is 1.93.